The maximum atomic E-state index is 12.8. The van der Waals surface area contributed by atoms with Crippen molar-refractivity contribution in [3.8, 4) is 5.75 Å². The average molecular weight is 439 g/mol. The molecule has 1 aromatic carbocycles. The summed E-state index contributed by atoms with van der Waals surface area (Å²) in [6.45, 7) is 13.7. The molecule has 1 aliphatic heterocycles. The number of aryl methyl sites for hydroxylation is 2. The van der Waals surface area contributed by atoms with Gasteiger partial charge in [0.25, 0.3) is 0 Å². The number of amides is 1. The third-order valence-electron chi connectivity index (χ3n) is 5.89. The zero-order valence-electron chi connectivity index (χ0n) is 20.6. The number of benzene rings is 1. The van der Waals surface area contributed by atoms with Crippen LogP contribution in [0.15, 0.2) is 24.3 Å². The van der Waals surface area contributed by atoms with Crippen LogP contribution in [0.1, 0.15) is 63.2 Å². The summed E-state index contributed by atoms with van der Waals surface area (Å²) in [6, 6.07) is 8.22. The van der Waals surface area contributed by atoms with E-state index in [4.69, 9.17) is 14.7 Å². The number of aromatic nitrogens is 2. The summed E-state index contributed by atoms with van der Waals surface area (Å²) in [5.41, 5.74) is 3.52. The summed E-state index contributed by atoms with van der Waals surface area (Å²) in [6.07, 6.45) is 3.18. The van der Waals surface area contributed by atoms with E-state index in [0.717, 1.165) is 68.5 Å². The molecule has 1 fully saturated rings. The summed E-state index contributed by atoms with van der Waals surface area (Å²) in [4.78, 5) is 26.8. The third-order valence-corrected chi connectivity index (χ3v) is 5.89. The van der Waals surface area contributed by atoms with Gasteiger partial charge in [-0.3, -0.25) is 4.79 Å². The number of nitrogens with zero attached hydrogens (tertiary/aromatic N) is 4. The summed E-state index contributed by atoms with van der Waals surface area (Å²) in [7, 11) is 1.69. The second kappa shape index (κ2) is 10.3. The minimum absolute atomic E-state index is 0.00834. The highest BCUT2D eigenvalue weighted by Crippen LogP contribution is 2.27. The number of rotatable bonds is 6. The second-order valence-electron chi connectivity index (χ2n) is 9.86. The van der Waals surface area contributed by atoms with Gasteiger partial charge in [-0.2, -0.15) is 0 Å². The molecule has 2 heterocycles. The summed E-state index contributed by atoms with van der Waals surface area (Å²) in [5.74, 6) is 2.94. The molecule has 0 aliphatic carbocycles. The quantitative estimate of drug-likeness (QED) is 0.668. The molecule has 0 N–H and O–H groups in total. The van der Waals surface area contributed by atoms with E-state index in [9.17, 15) is 4.79 Å². The van der Waals surface area contributed by atoms with Gasteiger partial charge in [-0.05, 0) is 42.9 Å². The Morgan fingerprint density at radius 2 is 1.78 bits per heavy atom. The van der Waals surface area contributed by atoms with Gasteiger partial charge in [0.15, 0.2) is 0 Å². The molecule has 0 radical (unpaired) electrons. The van der Waals surface area contributed by atoms with E-state index in [2.05, 4.69) is 44.7 Å². The SMILES string of the molecule is CCc1nc(C)nc(N2CCCN(C(=O)CC(C)(C)C)CC2)c1Cc1ccc(OC)cc1. The highest BCUT2D eigenvalue weighted by Gasteiger charge is 2.25. The number of ether oxygens (including phenoxy) is 1. The first-order valence-electron chi connectivity index (χ1n) is 11.7. The Morgan fingerprint density at radius 3 is 2.41 bits per heavy atom. The number of anilines is 1. The van der Waals surface area contributed by atoms with E-state index in [1.807, 2.05) is 24.0 Å². The first-order chi connectivity index (χ1) is 15.2. The van der Waals surface area contributed by atoms with Gasteiger partial charge in [0, 0.05) is 50.3 Å². The van der Waals surface area contributed by atoms with Gasteiger partial charge >= 0.3 is 0 Å². The molecule has 174 valence electrons. The molecular formula is C26H38N4O2. The van der Waals surface area contributed by atoms with Gasteiger partial charge in [-0.25, -0.2) is 9.97 Å². The normalized spacial score (nSPS) is 14.9. The molecule has 3 rings (SSSR count). The molecule has 0 saturated carbocycles. The lowest BCUT2D eigenvalue weighted by molar-refractivity contribution is -0.132. The minimum atomic E-state index is 0.00834. The Balaban J connectivity index is 1.84. The number of carbonyl (C=O) groups excluding carboxylic acids is 1. The van der Waals surface area contributed by atoms with E-state index in [1.54, 1.807) is 7.11 Å². The molecule has 1 aliphatic rings. The van der Waals surface area contributed by atoms with Crippen LogP contribution in [-0.2, 0) is 17.6 Å². The number of methoxy groups -OCH3 is 1. The van der Waals surface area contributed by atoms with E-state index in [1.165, 1.54) is 11.1 Å². The van der Waals surface area contributed by atoms with Crippen LogP contribution < -0.4 is 9.64 Å². The molecule has 0 unspecified atom stereocenters. The topological polar surface area (TPSA) is 58.6 Å². The molecule has 1 aromatic heterocycles. The van der Waals surface area contributed by atoms with Crippen molar-refractivity contribution in [2.45, 2.75) is 60.3 Å². The predicted octanol–water partition coefficient (Wildman–Crippen LogP) is 4.42. The molecule has 0 spiro atoms. The van der Waals surface area contributed by atoms with E-state index in [-0.39, 0.29) is 11.3 Å². The number of hydrogen-bond acceptors (Lipinski definition) is 5. The zero-order chi connectivity index (χ0) is 23.3. The summed E-state index contributed by atoms with van der Waals surface area (Å²) in [5, 5.41) is 0. The van der Waals surface area contributed by atoms with Crippen molar-refractivity contribution < 1.29 is 9.53 Å². The number of carbonyl (C=O) groups is 1. The second-order valence-corrected chi connectivity index (χ2v) is 9.86. The zero-order valence-corrected chi connectivity index (χ0v) is 20.6. The van der Waals surface area contributed by atoms with E-state index < -0.39 is 0 Å². The Kier molecular flexibility index (Phi) is 7.75. The highest BCUT2D eigenvalue weighted by atomic mass is 16.5. The molecule has 32 heavy (non-hydrogen) atoms. The largest absolute Gasteiger partial charge is 0.497 e. The molecular weight excluding hydrogens is 400 g/mol. The molecule has 0 bridgehead atoms. The van der Waals surface area contributed by atoms with Crippen LogP contribution in [0, 0.1) is 12.3 Å². The van der Waals surface area contributed by atoms with Crippen LogP contribution in [0.3, 0.4) is 0 Å². The first-order valence-corrected chi connectivity index (χ1v) is 11.7. The Labute approximate surface area is 193 Å². The fourth-order valence-corrected chi connectivity index (χ4v) is 4.26. The van der Waals surface area contributed by atoms with Crippen molar-refractivity contribution in [2.75, 3.05) is 38.2 Å². The third kappa shape index (κ3) is 6.21. The molecule has 1 saturated heterocycles. The molecule has 6 heteroatoms. The standard InChI is InChI=1S/C26H38N4O2/c1-7-23-22(17-20-9-11-21(32-6)12-10-20)25(28-19(2)27-23)30-14-8-13-29(15-16-30)24(31)18-26(3,4)5/h9-12H,7-8,13-18H2,1-6H3. The molecule has 2 aromatic rings. The average Bonchev–Trinajstić information content (AvgIpc) is 3.00. The Bertz CT molecular complexity index is 919. The van der Waals surface area contributed by atoms with Crippen molar-refractivity contribution in [1.82, 2.24) is 14.9 Å². The van der Waals surface area contributed by atoms with Crippen molar-refractivity contribution in [1.29, 1.82) is 0 Å². The van der Waals surface area contributed by atoms with Crippen LogP contribution in [0.5, 0.6) is 5.75 Å². The van der Waals surface area contributed by atoms with Crippen molar-refractivity contribution >= 4 is 11.7 Å². The first kappa shape index (κ1) is 24.0. The van der Waals surface area contributed by atoms with Crippen molar-refractivity contribution in [2.24, 2.45) is 5.41 Å². The summed E-state index contributed by atoms with van der Waals surface area (Å²) < 4.78 is 5.31. The van der Waals surface area contributed by atoms with Gasteiger partial charge in [-0.1, -0.05) is 39.8 Å². The fraction of sp³-hybridized carbons (Fsp3) is 0.577. The van der Waals surface area contributed by atoms with Gasteiger partial charge in [0.1, 0.15) is 17.4 Å². The monoisotopic (exact) mass is 438 g/mol. The molecule has 0 atom stereocenters. The van der Waals surface area contributed by atoms with E-state index >= 15 is 0 Å². The lowest BCUT2D eigenvalue weighted by Crippen LogP contribution is -2.37. The fourth-order valence-electron chi connectivity index (χ4n) is 4.26. The van der Waals surface area contributed by atoms with Crippen LogP contribution in [0.25, 0.3) is 0 Å². The Hall–Kier alpha value is -2.63. The van der Waals surface area contributed by atoms with Crippen LogP contribution in [-0.4, -0.2) is 54.1 Å². The van der Waals surface area contributed by atoms with Gasteiger partial charge < -0.3 is 14.5 Å². The Morgan fingerprint density at radius 1 is 1.06 bits per heavy atom. The molecule has 1 amide bonds. The molecule has 6 nitrogen and oxygen atoms in total. The number of hydrogen-bond donors (Lipinski definition) is 0. The lowest BCUT2D eigenvalue weighted by Gasteiger charge is -2.27. The van der Waals surface area contributed by atoms with Gasteiger partial charge in [-0.15, -0.1) is 0 Å². The van der Waals surface area contributed by atoms with Gasteiger partial charge in [0.2, 0.25) is 5.91 Å². The van der Waals surface area contributed by atoms with Crippen molar-refractivity contribution in [3.05, 3.63) is 46.9 Å². The minimum Gasteiger partial charge on any atom is -0.497 e. The maximum absolute atomic E-state index is 12.8. The summed E-state index contributed by atoms with van der Waals surface area (Å²) >= 11 is 0. The van der Waals surface area contributed by atoms with E-state index in [0.29, 0.717) is 6.42 Å². The van der Waals surface area contributed by atoms with Crippen molar-refractivity contribution in [3.63, 3.8) is 0 Å². The highest BCUT2D eigenvalue weighted by molar-refractivity contribution is 5.77. The van der Waals surface area contributed by atoms with Gasteiger partial charge in [0.05, 0.1) is 7.11 Å². The van der Waals surface area contributed by atoms with Crippen LogP contribution >= 0.6 is 0 Å². The maximum Gasteiger partial charge on any atom is 0.223 e. The van der Waals surface area contributed by atoms with Crippen LogP contribution in [0.2, 0.25) is 0 Å². The van der Waals surface area contributed by atoms with Crippen LogP contribution in [0.4, 0.5) is 5.82 Å². The lowest BCUT2D eigenvalue weighted by atomic mass is 9.91. The predicted molar refractivity (Wildman–Crippen MR) is 129 cm³/mol. The smallest absolute Gasteiger partial charge is 0.223 e.